The Hall–Kier alpha value is -2.34. The number of hydrogen-bond acceptors (Lipinski definition) is 5. The van der Waals surface area contributed by atoms with Gasteiger partial charge in [-0.1, -0.05) is 6.07 Å². The molecule has 0 fully saturated rings. The maximum atomic E-state index is 12.3. The van der Waals surface area contributed by atoms with Gasteiger partial charge in [0.2, 0.25) is 0 Å². The molecule has 0 spiro atoms. The van der Waals surface area contributed by atoms with Crippen LogP contribution in [-0.2, 0) is 4.74 Å². The van der Waals surface area contributed by atoms with E-state index in [4.69, 9.17) is 4.74 Å². The van der Waals surface area contributed by atoms with Crippen LogP contribution in [0.5, 0.6) is 0 Å². The van der Waals surface area contributed by atoms with Crippen LogP contribution in [0.4, 0.5) is 0 Å². The fourth-order valence-corrected chi connectivity index (χ4v) is 1.95. The Morgan fingerprint density at radius 1 is 1.43 bits per heavy atom. The van der Waals surface area contributed by atoms with E-state index in [0.717, 1.165) is 11.3 Å². The second-order valence-electron chi connectivity index (χ2n) is 4.64. The van der Waals surface area contributed by atoms with Gasteiger partial charge in [-0.05, 0) is 31.0 Å². The van der Waals surface area contributed by atoms with E-state index in [1.165, 1.54) is 6.33 Å². The predicted molar refractivity (Wildman–Crippen MR) is 77.7 cm³/mol. The van der Waals surface area contributed by atoms with Gasteiger partial charge in [-0.2, -0.15) is 0 Å². The number of carbonyl (C=O) groups excluding carboxylic acids is 1. The summed E-state index contributed by atoms with van der Waals surface area (Å²) >= 11 is 0. The highest BCUT2D eigenvalue weighted by molar-refractivity contribution is 5.92. The lowest BCUT2D eigenvalue weighted by atomic mass is 10.1. The first kappa shape index (κ1) is 15.1. The summed E-state index contributed by atoms with van der Waals surface area (Å²) < 4.78 is 5.10. The van der Waals surface area contributed by atoms with Crippen LogP contribution < -0.4 is 5.32 Å². The summed E-state index contributed by atoms with van der Waals surface area (Å²) in [5.74, 6) is -0.231. The third-order valence-electron chi connectivity index (χ3n) is 3.04. The zero-order valence-corrected chi connectivity index (χ0v) is 12.1. The van der Waals surface area contributed by atoms with Crippen LogP contribution in [0.3, 0.4) is 0 Å². The number of methoxy groups -OCH3 is 1. The van der Waals surface area contributed by atoms with E-state index >= 15 is 0 Å². The smallest absolute Gasteiger partial charge is 0.270 e. The van der Waals surface area contributed by atoms with Crippen molar-refractivity contribution in [1.82, 2.24) is 20.3 Å². The van der Waals surface area contributed by atoms with Crippen molar-refractivity contribution in [3.8, 4) is 0 Å². The number of aryl methyl sites for hydroxylation is 1. The van der Waals surface area contributed by atoms with Gasteiger partial charge in [-0.3, -0.25) is 9.78 Å². The van der Waals surface area contributed by atoms with Gasteiger partial charge in [0.05, 0.1) is 6.04 Å². The number of pyridine rings is 1. The maximum Gasteiger partial charge on any atom is 0.270 e. The van der Waals surface area contributed by atoms with Crippen molar-refractivity contribution in [2.24, 2.45) is 0 Å². The van der Waals surface area contributed by atoms with Crippen molar-refractivity contribution in [1.29, 1.82) is 0 Å². The monoisotopic (exact) mass is 286 g/mol. The van der Waals surface area contributed by atoms with Gasteiger partial charge >= 0.3 is 0 Å². The molecule has 1 unspecified atom stereocenters. The summed E-state index contributed by atoms with van der Waals surface area (Å²) in [6.45, 7) is 2.37. The zero-order valence-electron chi connectivity index (χ0n) is 12.1. The molecular formula is C15H18N4O2. The quantitative estimate of drug-likeness (QED) is 0.874. The fourth-order valence-electron chi connectivity index (χ4n) is 1.95. The molecule has 0 saturated carbocycles. The first-order valence-corrected chi connectivity index (χ1v) is 6.69. The molecule has 6 nitrogen and oxygen atoms in total. The van der Waals surface area contributed by atoms with Crippen molar-refractivity contribution in [2.75, 3.05) is 13.7 Å². The molecule has 0 saturated heterocycles. The van der Waals surface area contributed by atoms with Crippen LogP contribution in [0.1, 0.15) is 34.2 Å². The highest BCUT2D eigenvalue weighted by Crippen LogP contribution is 2.16. The molecule has 0 aliphatic carbocycles. The molecule has 1 amide bonds. The Kier molecular flexibility index (Phi) is 5.34. The molecule has 0 aliphatic rings. The molecule has 2 aromatic heterocycles. The van der Waals surface area contributed by atoms with E-state index < -0.39 is 0 Å². The van der Waals surface area contributed by atoms with Gasteiger partial charge in [0.1, 0.15) is 12.0 Å². The third kappa shape index (κ3) is 4.32. The standard InChI is InChI=1S/C15H18N4O2/c1-11-8-14(18-10-17-11)15(20)19-13(5-7-21-2)12-4-3-6-16-9-12/h3-4,6,8-10,13H,5,7H2,1-2H3,(H,19,20). The van der Waals surface area contributed by atoms with Crippen LogP contribution in [0.15, 0.2) is 36.9 Å². The molecule has 0 aromatic carbocycles. The zero-order chi connectivity index (χ0) is 15.1. The molecule has 0 radical (unpaired) electrons. The van der Waals surface area contributed by atoms with Gasteiger partial charge in [0, 0.05) is 31.8 Å². The van der Waals surface area contributed by atoms with E-state index in [-0.39, 0.29) is 11.9 Å². The van der Waals surface area contributed by atoms with Crippen molar-refractivity contribution in [2.45, 2.75) is 19.4 Å². The fraction of sp³-hybridized carbons (Fsp3) is 0.333. The Morgan fingerprint density at radius 3 is 2.95 bits per heavy atom. The summed E-state index contributed by atoms with van der Waals surface area (Å²) in [7, 11) is 1.63. The second-order valence-corrected chi connectivity index (χ2v) is 4.64. The predicted octanol–water partition coefficient (Wildman–Crippen LogP) is 1.69. The molecule has 1 atom stereocenters. The lowest BCUT2D eigenvalue weighted by molar-refractivity contribution is 0.0919. The molecule has 21 heavy (non-hydrogen) atoms. The van der Waals surface area contributed by atoms with E-state index in [1.54, 1.807) is 25.6 Å². The van der Waals surface area contributed by atoms with E-state index in [1.807, 2.05) is 19.1 Å². The number of carbonyl (C=O) groups is 1. The molecule has 2 heterocycles. The molecule has 110 valence electrons. The number of rotatable bonds is 6. The SMILES string of the molecule is COCCC(NC(=O)c1cc(C)ncn1)c1cccnc1. The summed E-state index contributed by atoms with van der Waals surface area (Å²) in [6, 6.07) is 5.27. The molecule has 1 N–H and O–H groups in total. The van der Waals surface area contributed by atoms with Crippen LogP contribution in [-0.4, -0.2) is 34.6 Å². The summed E-state index contributed by atoms with van der Waals surface area (Å²) in [5.41, 5.74) is 2.05. The number of aromatic nitrogens is 3. The second kappa shape index (κ2) is 7.44. The number of ether oxygens (including phenoxy) is 1. The minimum absolute atomic E-state index is 0.165. The Bertz CT molecular complexity index is 589. The van der Waals surface area contributed by atoms with E-state index in [9.17, 15) is 4.79 Å². The molecule has 6 heteroatoms. The van der Waals surface area contributed by atoms with Crippen LogP contribution in [0.25, 0.3) is 0 Å². The minimum atomic E-state index is -0.231. The van der Waals surface area contributed by atoms with Gasteiger partial charge in [0.15, 0.2) is 0 Å². The lowest BCUT2D eigenvalue weighted by Crippen LogP contribution is -2.30. The number of amides is 1. The highest BCUT2D eigenvalue weighted by atomic mass is 16.5. The van der Waals surface area contributed by atoms with Crippen LogP contribution >= 0.6 is 0 Å². The molecular weight excluding hydrogens is 268 g/mol. The van der Waals surface area contributed by atoms with E-state index in [2.05, 4.69) is 20.3 Å². The molecule has 0 aliphatic heterocycles. The average Bonchev–Trinajstić information content (AvgIpc) is 2.52. The Balaban J connectivity index is 2.13. The van der Waals surface area contributed by atoms with Crippen molar-refractivity contribution < 1.29 is 9.53 Å². The highest BCUT2D eigenvalue weighted by Gasteiger charge is 2.16. The van der Waals surface area contributed by atoms with Crippen molar-refractivity contribution in [3.05, 3.63) is 53.9 Å². The Labute approximate surface area is 123 Å². The molecule has 2 rings (SSSR count). The van der Waals surface area contributed by atoms with Gasteiger partial charge < -0.3 is 10.1 Å². The van der Waals surface area contributed by atoms with E-state index in [0.29, 0.717) is 18.7 Å². The Morgan fingerprint density at radius 2 is 2.29 bits per heavy atom. The topological polar surface area (TPSA) is 77.0 Å². The lowest BCUT2D eigenvalue weighted by Gasteiger charge is -2.18. The maximum absolute atomic E-state index is 12.3. The largest absolute Gasteiger partial charge is 0.385 e. The van der Waals surface area contributed by atoms with Crippen molar-refractivity contribution >= 4 is 5.91 Å². The number of nitrogens with zero attached hydrogens (tertiary/aromatic N) is 3. The number of hydrogen-bond donors (Lipinski definition) is 1. The minimum Gasteiger partial charge on any atom is -0.385 e. The van der Waals surface area contributed by atoms with Crippen LogP contribution in [0, 0.1) is 6.92 Å². The van der Waals surface area contributed by atoms with Gasteiger partial charge in [0.25, 0.3) is 5.91 Å². The first-order valence-electron chi connectivity index (χ1n) is 6.69. The first-order chi connectivity index (χ1) is 10.2. The third-order valence-corrected chi connectivity index (χ3v) is 3.04. The van der Waals surface area contributed by atoms with Gasteiger partial charge in [-0.25, -0.2) is 9.97 Å². The average molecular weight is 286 g/mol. The van der Waals surface area contributed by atoms with Gasteiger partial charge in [-0.15, -0.1) is 0 Å². The van der Waals surface area contributed by atoms with Crippen LogP contribution in [0.2, 0.25) is 0 Å². The summed E-state index contributed by atoms with van der Waals surface area (Å²) in [6.07, 6.45) is 5.49. The molecule has 2 aromatic rings. The summed E-state index contributed by atoms with van der Waals surface area (Å²) in [4.78, 5) is 24.4. The summed E-state index contributed by atoms with van der Waals surface area (Å²) in [5, 5.41) is 2.96. The molecule has 0 bridgehead atoms. The number of nitrogens with one attached hydrogen (secondary N) is 1. The normalized spacial score (nSPS) is 11.9. The van der Waals surface area contributed by atoms with Crippen molar-refractivity contribution in [3.63, 3.8) is 0 Å².